The third-order valence-electron chi connectivity index (χ3n) is 4.56. The molecule has 0 radical (unpaired) electrons. The third kappa shape index (κ3) is 5.56. The van der Waals surface area contributed by atoms with E-state index in [4.69, 9.17) is 0 Å². The summed E-state index contributed by atoms with van der Waals surface area (Å²) in [7, 11) is 3.97. The second-order valence-electron chi connectivity index (χ2n) is 7.09. The third-order valence-corrected chi connectivity index (χ3v) is 5.54. The fourth-order valence-corrected chi connectivity index (χ4v) is 3.74. The van der Waals surface area contributed by atoms with Crippen molar-refractivity contribution in [2.75, 3.05) is 39.0 Å². The van der Waals surface area contributed by atoms with Gasteiger partial charge in [-0.3, -0.25) is 9.78 Å². The lowest BCUT2D eigenvalue weighted by molar-refractivity contribution is -0.127. The van der Waals surface area contributed by atoms with Gasteiger partial charge in [-0.05, 0) is 33.4 Å². The van der Waals surface area contributed by atoms with Crippen LogP contribution in [0.3, 0.4) is 0 Å². The summed E-state index contributed by atoms with van der Waals surface area (Å²) in [6.07, 6.45) is 9.96. The molecule has 1 N–H and O–H groups in total. The van der Waals surface area contributed by atoms with Gasteiger partial charge in [-0.15, -0.1) is 10.2 Å². The molecule has 28 heavy (non-hydrogen) atoms. The van der Waals surface area contributed by atoms with E-state index in [1.54, 1.807) is 18.5 Å². The van der Waals surface area contributed by atoms with Crippen LogP contribution in [0.5, 0.6) is 0 Å². The summed E-state index contributed by atoms with van der Waals surface area (Å²) in [6, 6.07) is 0. The highest BCUT2D eigenvalue weighted by molar-refractivity contribution is 7.15. The van der Waals surface area contributed by atoms with Crippen molar-refractivity contribution in [3.05, 3.63) is 35.2 Å². The molecule has 0 saturated carbocycles. The van der Waals surface area contributed by atoms with E-state index in [1.165, 1.54) is 11.3 Å². The topological polar surface area (TPSA) is 87.1 Å². The summed E-state index contributed by atoms with van der Waals surface area (Å²) in [4.78, 5) is 25.4. The van der Waals surface area contributed by atoms with Crippen LogP contribution in [0.4, 0.5) is 10.9 Å². The molecular weight excluding hydrogens is 374 g/mol. The number of amides is 1. The molecule has 1 atom stereocenters. The molecule has 150 valence electrons. The first kappa shape index (κ1) is 20.3. The number of nitrogens with one attached hydrogen (secondary N) is 1. The van der Waals surface area contributed by atoms with Crippen molar-refractivity contribution in [2.45, 2.75) is 32.1 Å². The minimum atomic E-state index is 0.0702. The summed E-state index contributed by atoms with van der Waals surface area (Å²) in [5.41, 5.74) is 0.923. The van der Waals surface area contributed by atoms with Crippen LogP contribution in [0, 0.1) is 0 Å². The molecule has 2 aromatic heterocycles. The molecule has 1 fully saturated rings. The van der Waals surface area contributed by atoms with Crippen LogP contribution in [0.15, 0.2) is 24.5 Å². The fraction of sp³-hybridized carbons (Fsp3) is 0.526. The Labute approximate surface area is 169 Å². The number of likely N-dealkylation sites (N-methyl/N-ethyl adjacent to an activating group) is 1. The Hall–Kier alpha value is -2.39. The normalized spacial score (nSPS) is 17.4. The highest BCUT2D eigenvalue weighted by Gasteiger charge is 2.24. The first-order chi connectivity index (χ1) is 13.5. The van der Waals surface area contributed by atoms with Crippen molar-refractivity contribution in [2.24, 2.45) is 0 Å². The molecule has 1 unspecified atom stereocenters. The first-order valence-electron chi connectivity index (χ1n) is 9.56. The van der Waals surface area contributed by atoms with Gasteiger partial charge in [-0.1, -0.05) is 24.3 Å². The number of rotatable bonds is 7. The molecule has 8 nitrogen and oxygen atoms in total. The smallest absolute Gasteiger partial charge is 0.246 e. The zero-order chi connectivity index (χ0) is 19.9. The number of piperidine rings is 1. The Balaban J connectivity index is 1.58. The van der Waals surface area contributed by atoms with Crippen LogP contribution in [0.1, 0.15) is 36.4 Å². The van der Waals surface area contributed by atoms with Crippen LogP contribution >= 0.6 is 11.3 Å². The number of nitrogens with zero attached hydrogens (tertiary/aromatic N) is 6. The van der Waals surface area contributed by atoms with E-state index >= 15 is 0 Å². The van der Waals surface area contributed by atoms with Crippen molar-refractivity contribution in [1.29, 1.82) is 0 Å². The number of hydrogen-bond donors (Lipinski definition) is 1. The van der Waals surface area contributed by atoms with E-state index in [0.29, 0.717) is 12.4 Å². The van der Waals surface area contributed by atoms with Crippen molar-refractivity contribution in [3.8, 4) is 0 Å². The lowest BCUT2D eigenvalue weighted by Crippen LogP contribution is -2.38. The van der Waals surface area contributed by atoms with Crippen LogP contribution in [0.2, 0.25) is 0 Å². The summed E-state index contributed by atoms with van der Waals surface area (Å²) in [5, 5.41) is 13.0. The molecule has 0 aliphatic carbocycles. The molecule has 1 aliphatic heterocycles. The monoisotopic (exact) mass is 401 g/mol. The Morgan fingerprint density at radius 1 is 1.36 bits per heavy atom. The van der Waals surface area contributed by atoms with Gasteiger partial charge in [0, 0.05) is 31.6 Å². The molecular formula is C19H27N7OS. The lowest BCUT2D eigenvalue weighted by Gasteiger charge is -2.31. The molecule has 0 aromatic carbocycles. The maximum Gasteiger partial charge on any atom is 0.246 e. The Kier molecular flexibility index (Phi) is 7.05. The average molecular weight is 402 g/mol. The van der Waals surface area contributed by atoms with Gasteiger partial charge in [0.25, 0.3) is 0 Å². The van der Waals surface area contributed by atoms with E-state index in [-0.39, 0.29) is 11.8 Å². The number of carbonyl (C=O) groups is 1. The molecule has 3 heterocycles. The molecule has 9 heteroatoms. The molecule has 2 aromatic rings. The van der Waals surface area contributed by atoms with E-state index in [0.717, 1.165) is 48.2 Å². The average Bonchev–Trinajstić information content (AvgIpc) is 3.16. The van der Waals surface area contributed by atoms with Crippen LogP contribution in [-0.2, 0) is 11.2 Å². The summed E-state index contributed by atoms with van der Waals surface area (Å²) < 4.78 is 0. The van der Waals surface area contributed by atoms with Crippen molar-refractivity contribution in [3.63, 3.8) is 0 Å². The number of likely N-dealkylation sites (tertiary alicyclic amines) is 1. The molecule has 0 bridgehead atoms. The predicted molar refractivity (Wildman–Crippen MR) is 111 cm³/mol. The first-order valence-corrected chi connectivity index (χ1v) is 10.4. The van der Waals surface area contributed by atoms with Crippen LogP contribution < -0.4 is 5.32 Å². The Morgan fingerprint density at radius 3 is 2.89 bits per heavy atom. The summed E-state index contributed by atoms with van der Waals surface area (Å²) >= 11 is 1.52. The number of aromatic nitrogens is 4. The zero-order valence-corrected chi connectivity index (χ0v) is 17.4. The number of anilines is 2. The number of hydrogen-bond acceptors (Lipinski definition) is 8. The molecule has 1 aliphatic rings. The largest absolute Gasteiger partial charge is 0.339 e. The number of carbonyl (C=O) groups excluding carboxylic acids is 1. The van der Waals surface area contributed by atoms with Gasteiger partial charge in [0.1, 0.15) is 5.01 Å². The van der Waals surface area contributed by atoms with Crippen molar-refractivity contribution < 1.29 is 4.79 Å². The quantitative estimate of drug-likeness (QED) is 0.713. The summed E-state index contributed by atoms with van der Waals surface area (Å²) in [5.74, 6) is 0.938. The highest BCUT2D eigenvalue weighted by atomic mass is 32.1. The van der Waals surface area contributed by atoms with Gasteiger partial charge in [0.2, 0.25) is 11.0 Å². The second kappa shape index (κ2) is 9.70. The molecule has 1 amide bonds. The van der Waals surface area contributed by atoms with Gasteiger partial charge in [0.15, 0.2) is 5.82 Å². The van der Waals surface area contributed by atoms with Crippen molar-refractivity contribution in [1.82, 2.24) is 30.0 Å². The maximum atomic E-state index is 12.4. The van der Waals surface area contributed by atoms with Crippen LogP contribution in [0.25, 0.3) is 0 Å². The van der Waals surface area contributed by atoms with Gasteiger partial charge < -0.3 is 15.1 Å². The van der Waals surface area contributed by atoms with Gasteiger partial charge in [0.05, 0.1) is 18.1 Å². The SMILES string of the molecule is CCc1nnc(Nc2cnc(C3CCCN(C(=O)/C=C/CN(C)C)C3)cn2)s1. The Bertz CT molecular complexity index is 803. The van der Waals surface area contributed by atoms with Gasteiger partial charge >= 0.3 is 0 Å². The minimum Gasteiger partial charge on any atom is -0.339 e. The van der Waals surface area contributed by atoms with Gasteiger partial charge in [-0.2, -0.15) is 0 Å². The minimum absolute atomic E-state index is 0.0702. The maximum absolute atomic E-state index is 12.4. The summed E-state index contributed by atoms with van der Waals surface area (Å²) in [6.45, 7) is 4.29. The lowest BCUT2D eigenvalue weighted by atomic mass is 9.95. The van der Waals surface area contributed by atoms with Crippen molar-refractivity contribution >= 4 is 28.2 Å². The molecule has 3 rings (SSSR count). The van der Waals surface area contributed by atoms with E-state index in [1.807, 2.05) is 30.0 Å². The van der Waals surface area contributed by atoms with Gasteiger partial charge in [-0.25, -0.2) is 4.98 Å². The van der Waals surface area contributed by atoms with E-state index in [9.17, 15) is 4.79 Å². The predicted octanol–water partition coefficient (Wildman–Crippen LogP) is 2.46. The van der Waals surface area contributed by atoms with Crippen LogP contribution in [-0.4, -0.2) is 69.6 Å². The number of aryl methyl sites for hydroxylation is 1. The Morgan fingerprint density at radius 2 is 2.21 bits per heavy atom. The van der Waals surface area contributed by atoms with E-state index in [2.05, 4.69) is 32.4 Å². The molecule has 1 saturated heterocycles. The molecule has 0 spiro atoms. The zero-order valence-electron chi connectivity index (χ0n) is 16.6. The van der Waals surface area contributed by atoms with E-state index < -0.39 is 0 Å². The second-order valence-corrected chi connectivity index (χ2v) is 8.16. The standard InChI is InChI=1S/C19H27N7OS/c1-4-17-23-24-19(28-17)22-16-12-20-15(11-21-16)14-7-5-10-26(13-14)18(27)8-6-9-25(2)3/h6,8,11-12,14H,4-5,7,9-10,13H2,1-3H3,(H,21,22,24)/b8-6+. The fourth-order valence-electron chi connectivity index (χ4n) is 3.06. The highest BCUT2D eigenvalue weighted by Crippen LogP contribution is 2.26.